The molecule has 3 N–H and O–H groups in total. The summed E-state index contributed by atoms with van der Waals surface area (Å²) in [5.41, 5.74) is 0.539. The van der Waals surface area contributed by atoms with Crippen molar-refractivity contribution in [2.75, 3.05) is 12.4 Å². The van der Waals surface area contributed by atoms with Gasteiger partial charge in [-0.2, -0.15) is 0 Å². The summed E-state index contributed by atoms with van der Waals surface area (Å²) in [7, 11) is 1.03. The fourth-order valence-corrected chi connectivity index (χ4v) is 3.37. The normalized spacial score (nSPS) is 26.3. The first-order valence-corrected chi connectivity index (χ1v) is 10.0. The monoisotopic (exact) mass is 484 g/mol. The molecule has 0 amide bonds. The first-order chi connectivity index (χ1) is 15.5. The zero-order valence-corrected chi connectivity index (χ0v) is 19.0. The highest BCUT2D eigenvalue weighted by molar-refractivity contribution is 7.80. The molecule has 1 saturated heterocycles. The third-order valence-corrected chi connectivity index (χ3v) is 4.47. The molecule has 5 atom stereocenters. The van der Waals surface area contributed by atoms with Crippen molar-refractivity contribution in [3.8, 4) is 0 Å². The van der Waals surface area contributed by atoms with E-state index in [4.69, 9.17) is 31.2 Å². The predicted octanol–water partition coefficient (Wildman–Crippen LogP) is -0.0140. The fraction of sp³-hybridized carbons (Fsp3) is 0.450. The Morgan fingerprint density at radius 1 is 0.970 bits per heavy atom. The summed E-state index contributed by atoms with van der Waals surface area (Å²) < 4.78 is 25.6. The summed E-state index contributed by atoms with van der Waals surface area (Å²) in [5.74, 6) is -6.42. The molecular weight excluding hydrogens is 460 g/mol. The average molecular weight is 484 g/mol. The molecule has 1 fully saturated rings. The number of anilines is 1. The highest BCUT2D eigenvalue weighted by Crippen LogP contribution is 2.33. The maximum Gasteiger partial charge on any atom is 0.339 e. The molecule has 1 aromatic carbocycles. The second-order valence-corrected chi connectivity index (χ2v) is 7.29. The van der Waals surface area contributed by atoms with Gasteiger partial charge in [-0.1, -0.05) is 18.2 Å². The van der Waals surface area contributed by atoms with Crippen LogP contribution >= 0.6 is 12.2 Å². The maximum atomic E-state index is 12.4. The van der Waals surface area contributed by atoms with Crippen molar-refractivity contribution in [2.45, 2.75) is 51.1 Å². The van der Waals surface area contributed by atoms with Gasteiger partial charge in [-0.15, -0.1) is 0 Å². The van der Waals surface area contributed by atoms with E-state index in [1.54, 1.807) is 30.3 Å². The Balaban J connectivity index is 2.48. The topological polar surface area (TPSA) is 159 Å². The van der Waals surface area contributed by atoms with E-state index in [0.29, 0.717) is 5.69 Å². The Kier molecular flexibility index (Phi) is 8.68. The zero-order valence-electron chi connectivity index (χ0n) is 18.2. The molecule has 0 unspecified atom stereocenters. The zero-order chi connectivity index (χ0) is 24.8. The summed E-state index contributed by atoms with van der Waals surface area (Å²) in [6.07, 6.45) is -6.90. The number of para-hydroxylation sites is 1. The first-order valence-electron chi connectivity index (χ1n) is 9.60. The van der Waals surface area contributed by atoms with Crippen LogP contribution in [0.4, 0.5) is 5.69 Å². The number of hydrogen-bond donors (Lipinski definition) is 3. The van der Waals surface area contributed by atoms with Gasteiger partial charge in [0.2, 0.25) is 12.2 Å². The Hall–Kier alpha value is -3.29. The summed E-state index contributed by atoms with van der Waals surface area (Å²) >= 11 is 5.20. The van der Waals surface area contributed by atoms with Crippen molar-refractivity contribution >= 4 is 46.9 Å². The Morgan fingerprint density at radius 2 is 1.52 bits per heavy atom. The molecule has 33 heavy (non-hydrogen) atoms. The highest BCUT2D eigenvalue weighted by Gasteiger charge is 2.62. The molecule has 1 aromatic rings. The maximum absolute atomic E-state index is 12.4. The molecule has 0 aliphatic carbocycles. The van der Waals surface area contributed by atoms with Gasteiger partial charge >= 0.3 is 23.9 Å². The van der Waals surface area contributed by atoms with Crippen molar-refractivity contribution < 1.29 is 48.0 Å². The minimum absolute atomic E-state index is 0.197. The van der Waals surface area contributed by atoms with Gasteiger partial charge in [0.05, 0.1) is 7.11 Å². The molecule has 0 bridgehead atoms. The van der Waals surface area contributed by atoms with E-state index in [9.17, 15) is 24.3 Å². The van der Waals surface area contributed by atoms with Crippen LogP contribution in [0.5, 0.6) is 0 Å². The molecule has 13 heteroatoms. The quantitative estimate of drug-likeness (QED) is 0.214. The van der Waals surface area contributed by atoms with E-state index in [2.05, 4.69) is 15.4 Å². The molecule has 12 nitrogen and oxygen atoms in total. The number of rotatable bonds is 6. The third kappa shape index (κ3) is 6.84. The number of esters is 4. The highest BCUT2D eigenvalue weighted by atomic mass is 32.1. The predicted molar refractivity (Wildman–Crippen MR) is 114 cm³/mol. The van der Waals surface area contributed by atoms with Gasteiger partial charge in [0, 0.05) is 26.5 Å². The number of ether oxygens (including phenoxy) is 5. The molecule has 1 aliphatic heterocycles. The van der Waals surface area contributed by atoms with Crippen molar-refractivity contribution in [2.24, 2.45) is 0 Å². The second kappa shape index (κ2) is 11.0. The van der Waals surface area contributed by atoms with Gasteiger partial charge in [-0.25, -0.2) is 4.79 Å². The molecule has 0 radical (unpaired) electrons. The molecule has 0 saturated carbocycles. The molecule has 180 valence electrons. The van der Waals surface area contributed by atoms with E-state index in [1.165, 1.54) is 0 Å². The minimum atomic E-state index is -2.71. The smallest absolute Gasteiger partial charge is 0.339 e. The molecule has 0 aromatic heterocycles. The van der Waals surface area contributed by atoms with E-state index in [0.717, 1.165) is 27.9 Å². The fourth-order valence-electron chi connectivity index (χ4n) is 3.11. The Bertz CT molecular complexity index is 911. The van der Waals surface area contributed by atoms with Gasteiger partial charge < -0.3 is 39.4 Å². The van der Waals surface area contributed by atoms with Crippen molar-refractivity contribution in [1.29, 1.82) is 0 Å². The molecule has 1 heterocycles. The van der Waals surface area contributed by atoms with Crippen molar-refractivity contribution in [3.63, 3.8) is 0 Å². The Morgan fingerprint density at radius 3 is 2.03 bits per heavy atom. The van der Waals surface area contributed by atoms with Crippen LogP contribution in [0.1, 0.15) is 20.8 Å². The average Bonchev–Trinajstić information content (AvgIpc) is 2.71. The summed E-state index contributed by atoms with van der Waals surface area (Å²) in [6, 6.07) is 8.59. The van der Waals surface area contributed by atoms with Crippen LogP contribution < -0.4 is 10.6 Å². The Labute approximate surface area is 194 Å². The lowest BCUT2D eigenvalue weighted by atomic mass is 9.95. The number of benzene rings is 1. The van der Waals surface area contributed by atoms with Crippen LogP contribution in [0.3, 0.4) is 0 Å². The summed E-state index contributed by atoms with van der Waals surface area (Å²) in [4.78, 5) is 47.7. The van der Waals surface area contributed by atoms with Crippen LogP contribution in [0.15, 0.2) is 30.3 Å². The van der Waals surface area contributed by atoms with E-state index in [-0.39, 0.29) is 5.11 Å². The lowest BCUT2D eigenvalue weighted by molar-refractivity contribution is -0.350. The number of thiocarbonyl (C=S) groups is 1. The molecular formula is C20H24N2O10S. The number of carbonyl (C=O) groups excluding carboxylic acids is 4. The SMILES string of the molecule is COC(=O)[C@H]1O[C@](O)(NC(=S)Nc2ccccc2)[C@H](OC(C)=O)[C@@H](OC(C)=O)[C@@H]1OC(C)=O. The van der Waals surface area contributed by atoms with Crippen LogP contribution in [0.25, 0.3) is 0 Å². The van der Waals surface area contributed by atoms with Gasteiger partial charge in [0.1, 0.15) is 0 Å². The van der Waals surface area contributed by atoms with Crippen LogP contribution in [0.2, 0.25) is 0 Å². The molecule has 0 spiro atoms. The van der Waals surface area contributed by atoms with Crippen molar-refractivity contribution in [1.82, 2.24) is 5.32 Å². The molecule has 1 aliphatic rings. The first kappa shape index (κ1) is 26.0. The second-order valence-electron chi connectivity index (χ2n) is 6.88. The lowest BCUT2D eigenvalue weighted by Crippen LogP contribution is -2.74. The standard InChI is InChI=1S/C20H24N2O10S/c1-10(23)29-14-15(30-11(2)24)17(31-12(3)25)20(27,32-16(14)18(26)28-4)22-19(33)21-13-8-6-5-7-9-13/h5-9,14-17,27H,1-4H3,(H2,21,22,33)/t14-,15-,16-,17+,20-/m0/s1. The number of carbonyl (C=O) groups is 4. The summed E-state index contributed by atoms with van der Waals surface area (Å²) in [5, 5.41) is 16.3. The van der Waals surface area contributed by atoms with Gasteiger partial charge in [-0.3, -0.25) is 14.4 Å². The lowest BCUT2D eigenvalue weighted by Gasteiger charge is -2.47. The van der Waals surface area contributed by atoms with Crippen LogP contribution in [0, 0.1) is 0 Å². The van der Waals surface area contributed by atoms with E-state index < -0.39 is 54.2 Å². The third-order valence-electron chi connectivity index (χ3n) is 4.27. The van der Waals surface area contributed by atoms with Gasteiger partial charge in [0.15, 0.2) is 17.3 Å². The largest absolute Gasteiger partial charge is 0.467 e. The summed E-state index contributed by atoms with van der Waals surface area (Å²) in [6.45, 7) is 3.10. The number of aliphatic hydroxyl groups is 1. The number of nitrogens with one attached hydrogen (secondary N) is 2. The van der Waals surface area contributed by atoms with Crippen LogP contribution in [-0.2, 0) is 42.9 Å². The van der Waals surface area contributed by atoms with E-state index in [1.807, 2.05) is 0 Å². The van der Waals surface area contributed by atoms with Gasteiger partial charge in [0.25, 0.3) is 5.91 Å². The van der Waals surface area contributed by atoms with Gasteiger partial charge in [-0.05, 0) is 24.4 Å². The van der Waals surface area contributed by atoms with Crippen molar-refractivity contribution in [3.05, 3.63) is 30.3 Å². The minimum Gasteiger partial charge on any atom is -0.467 e. The number of hydrogen-bond acceptors (Lipinski definition) is 11. The molecule has 2 rings (SSSR count). The van der Waals surface area contributed by atoms with E-state index >= 15 is 0 Å². The number of methoxy groups -OCH3 is 1. The van der Waals surface area contributed by atoms with Crippen LogP contribution in [-0.4, -0.2) is 71.5 Å².